The lowest BCUT2D eigenvalue weighted by molar-refractivity contribution is -0.131. The average molecular weight is 408 g/mol. The Morgan fingerprint density at radius 2 is 1.70 bits per heavy atom. The summed E-state index contributed by atoms with van der Waals surface area (Å²) in [6.45, 7) is 2.74. The summed E-state index contributed by atoms with van der Waals surface area (Å²) in [6.07, 6.45) is 0.115. The van der Waals surface area contributed by atoms with Crippen LogP contribution in [0.25, 0.3) is 10.9 Å². The third kappa shape index (κ3) is 3.94. The van der Waals surface area contributed by atoms with Crippen LogP contribution < -0.4 is 20.9 Å². The summed E-state index contributed by atoms with van der Waals surface area (Å²) in [5.74, 6) is 0.760. The number of fused-ring (bicyclic) bond motifs is 1. The number of methoxy groups -OCH3 is 1. The van der Waals surface area contributed by atoms with Gasteiger partial charge in [-0.3, -0.25) is 14.2 Å². The lowest BCUT2D eigenvalue weighted by Crippen LogP contribution is -2.49. The first-order valence-corrected chi connectivity index (χ1v) is 9.95. The van der Waals surface area contributed by atoms with Gasteiger partial charge in [-0.05, 0) is 36.4 Å². The second kappa shape index (κ2) is 8.44. The third-order valence-corrected chi connectivity index (χ3v) is 5.51. The Labute approximate surface area is 173 Å². The molecule has 1 fully saturated rings. The first-order valence-electron chi connectivity index (χ1n) is 9.95. The van der Waals surface area contributed by atoms with Crippen LogP contribution in [0.2, 0.25) is 0 Å². The zero-order valence-corrected chi connectivity index (χ0v) is 16.8. The maximum atomic E-state index is 12.6. The molecule has 1 aliphatic heterocycles. The molecule has 1 amide bonds. The molecule has 30 heavy (non-hydrogen) atoms. The molecule has 3 aromatic rings. The highest BCUT2D eigenvalue weighted by Gasteiger charge is 2.21. The van der Waals surface area contributed by atoms with Crippen LogP contribution in [-0.2, 0) is 11.3 Å². The minimum atomic E-state index is -0.490. The highest BCUT2D eigenvalue weighted by atomic mass is 16.5. The number of para-hydroxylation sites is 1. The zero-order valence-electron chi connectivity index (χ0n) is 16.8. The number of aromatic amines is 1. The molecule has 1 aliphatic rings. The molecule has 8 heteroatoms. The summed E-state index contributed by atoms with van der Waals surface area (Å²) in [5.41, 5.74) is 0.740. The summed E-state index contributed by atoms with van der Waals surface area (Å²) in [7, 11) is 1.64. The molecule has 4 rings (SSSR count). The first kappa shape index (κ1) is 19.8. The van der Waals surface area contributed by atoms with E-state index in [0.717, 1.165) is 29.1 Å². The maximum Gasteiger partial charge on any atom is 0.328 e. The Bertz CT molecular complexity index is 1160. The molecule has 0 saturated carbocycles. The molecule has 0 radical (unpaired) electrons. The van der Waals surface area contributed by atoms with E-state index in [-0.39, 0.29) is 24.4 Å². The molecule has 0 aliphatic carbocycles. The fourth-order valence-electron chi connectivity index (χ4n) is 3.77. The molecule has 8 nitrogen and oxygen atoms in total. The van der Waals surface area contributed by atoms with Gasteiger partial charge in [0.05, 0.1) is 18.0 Å². The normalized spacial score (nSPS) is 14.2. The Morgan fingerprint density at radius 3 is 2.40 bits per heavy atom. The van der Waals surface area contributed by atoms with Crippen LogP contribution in [0.15, 0.2) is 58.1 Å². The fraction of sp³-hybridized carbons (Fsp3) is 0.318. The van der Waals surface area contributed by atoms with Crippen LogP contribution >= 0.6 is 0 Å². The van der Waals surface area contributed by atoms with Crippen molar-refractivity contribution in [1.29, 1.82) is 0 Å². The smallest absolute Gasteiger partial charge is 0.328 e. The minimum absolute atomic E-state index is 0.0520. The highest BCUT2D eigenvalue weighted by Crippen LogP contribution is 2.20. The van der Waals surface area contributed by atoms with Crippen molar-refractivity contribution in [3.05, 3.63) is 69.4 Å². The summed E-state index contributed by atoms with van der Waals surface area (Å²) in [6, 6.07) is 14.7. The quantitative estimate of drug-likeness (QED) is 0.690. The van der Waals surface area contributed by atoms with Crippen molar-refractivity contribution in [2.75, 3.05) is 38.2 Å². The predicted octanol–water partition coefficient (Wildman–Crippen LogP) is 1.44. The van der Waals surface area contributed by atoms with Crippen molar-refractivity contribution in [3.8, 4) is 5.75 Å². The van der Waals surface area contributed by atoms with Crippen LogP contribution in [0.4, 0.5) is 5.69 Å². The molecule has 0 unspecified atom stereocenters. The predicted molar refractivity (Wildman–Crippen MR) is 115 cm³/mol. The Kier molecular flexibility index (Phi) is 5.56. The van der Waals surface area contributed by atoms with Gasteiger partial charge < -0.3 is 19.5 Å². The molecule has 1 N–H and O–H groups in total. The van der Waals surface area contributed by atoms with E-state index in [1.54, 1.807) is 36.3 Å². The van der Waals surface area contributed by atoms with Crippen molar-refractivity contribution in [2.45, 2.75) is 13.0 Å². The van der Waals surface area contributed by atoms with E-state index in [0.29, 0.717) is 24.0 Å². The van der Waals surface area contributed by atoms with E-state index >= 15 is 0 Å². The van der Waals surface area contributed by atoms with Gasteiger partial charge in [0.1, 0.15) is 5.75 Å². The van der Waals surface area contributed by atoms with E-state index in [9.17, 15) is 14.4 Å². The van der Waals surface area contributed by atoms with Gasteiger partial charge in [-0.1, -0.05) is 12.1 Å². The number of amides is 1. The lowest BCUT2D eigenvalue weighted by Gasteiger charge is -2.36. The van der Waals surface area contributed by atoms with Crippen LogP contribution in [0, 0.1) is 0 Å². The second-order valence-electron chi connectivity index (χ2n) is 7.25. The Hall–Kier alpha value is -3.55. The lowest BCUT2D eigenvalue weighted by atomic mass is 10.2. The Balaban J connectivity index is 1.37. The molecule has 0 spiro atoms. The highest BCUT2D eigenvalue weighted by molar-refractivity contribution is 5.78. The van der Waals surface area contributed by atoms with E-state index in [1.165, 1.54) is 0 Å². The largest absolute Gasteiger partial charge is 0.497 e. The molecule has 1 saturated heterocycles. The van der Waals surface area contributed by atoms with Gasteiger partial charge in [-0.25, -0.2) is 4.79 Å². The number of H-pyrrole nitrogens is 1. The van der Waals surface area contributed by atoms with Crippen molar-refractivity contribution in [3.63, 3.8) is 0 Å². The number of aromatic nitrogens is 2. The van der Waals surface area contributed by atoms with Crippen LogP contribution in [0.5, 0.6) is 5.75 Å². The molecule has 0 bridgehead atoms. The van der Waals surface area contributed by atoms with Crippen molar-refractivity contribution in [1.82, 2.24) is 14.5 Å². The number of anilines is 1. The summed E-state index contributed by atoms with van der Waals surface area (Å²) >= 11 is 0. The molecule has 2 aromatic carbocycles. The molecule has 156 valence electrons. The fourth-order valence-corrected chi connectivity index (χ4v) is 3.77. The van der Waals surface area contributed by atoms with E-state index in [1.807, 2.05) is 24.3 Å². The van der Waals surface area contributed by atoms with Crippen molar-refractivity contribution in [2.24, 2.45) is 0 Å². The molecular formula is C22H24N4O4. The second-order valence-corrected chi connectivity index (χ2v) is 7.25. The number of ether oxygens (including phenoxy) is 1. The number of benzene rings is 2. The number of rotatable bonds is 5. The Morgan fingerprint density at radius 1 is 1.00 bits per heavy atom. The zero-order chi connectivity index (χ0) is 21.1. The van der Waals surface area contributed by atoms with E-state index in [4.69, 9.17) is 4.74 Å². The van der Waals surface area contributed by atoms with Gasteiger partial charge in [-0.2, -0.15) is 0 Å². The molecule has 1 aromatic heterocycles. The maximum absolute atomic E-state index is 12.6. The van der Waals surface area contributed by atoms with Gasteiger partial charge in [-0.15, -0.1) is 0 Å². The van der Waals surface area contributed by atoms with E-state index in [2.05, 4.69) is 9.88 Å². The average Bonchev–Trinajstić information content (AvgIpc) is 2.79. The van der Waals surface area contributed by atoms with Crippen molar-refractivity contribution >= 4 is 22.5 Å². The van der Waals surface area contributed by atoms with Gasteiger partial charge >= 0.3 is 5.69 Å². The van der Waals surface area contributed by atoms with Crippen LogP contribution in [0.1, 0.15) is 6.42 Å². The van der Waals surface area contributed by atoms with Gasteiger partial charge in [0.25, 0.3) is 5.56 Å². The number of carbonyl (C=O) groups excluding carboxylic acids is 1. The standard InChI is InChI=1S/C22H24N4O4/c1-30-17-8-6-16(7-9-17)24-12-14-25(15-13-24)20(27)10-11-26-21(28)18-4-2-3-5-19(18)23-22(26)29/h2-9H,10-15H2,1H3,(H,23,29). The minimum Gasteiger partial charge on any atom is -0.497 e. The number of piperazine rings is 1. The summed E-state index contributed by atoms with van der Waals surface area (Å²) in [5, 5.41) is 0.442. The first-order chi connectivity index (χ1) is 14.6. The molecular weight excluding hydrogens is 384 g/mol. The SMILES string of the molecule is COc1ccc(N2CCN(C(=O)CCn3c(=O)[nH]c4ccccc4c3=O)CC2)cc1. The van der Waals surface area contributed by atoms with Crippen molar-refractivity contribution < 1.29 is 9.53 Å². The van der Waals surface area contributed by atoms with Gasteiger partial charge in [0.15, 0.2) is 0 Å². The number of carbonyl (C=O) groups is 1. The number of nitrogens with one attached hydrogen (secondary N) is 1. The van der Waals surface area contributed by atoms with E-state index < -0.39 is 5.69 Å². The van der Waals surface area contributed by atoms with Gasteiger partial charge in [0, 0.05) is 44.8 Å². The van der Waals surface area contributed by atoms with Crippen LogP contribution in [0.3, 0.4) is 0 Å². The van der Waals surface area contributed by atoms with Crippen LogP contribution in [-0.4, -0.2) is 53.6 Å². The summed E-state index contributed by atoms with van der Waals surface area (Å²) < 4.78 is 6.29. The summed E-state index contributed by atoms with van der Waals surface area (Å²) in [4.78, 5) is 44.2. The van der Waals surface area contributed by atoms with Gasteiger partial charge in [0.2, 0.25) is 5.91 Å². The number of nitrogens with zero attached hydrogens (tertiary/aromatic N) is 3. The number of hydrogen-bond donors (Lipinski definition) is 1. The molecule has 0 atom stereocenters. The number of hydrogen-bond acceptors (Lipinski definition) is 5. The molecule has 2 heterocycles. The topological polar surface area (TPSA) is 87.6 Å². The monoisotopic (exact) mass is 408 g/mol. The third-order valence-electron chi connectivity index (χ3n) is 5.51.